The minimum Gasteiger partial charge on any atom is -0.424 e. The number of nitrogen functional groups attached to an aromatic ring is 1. The van der Waals surface area contributed by atoms with Crippen LogP contribution < -0.4 is 11.2 Å². The topological polar surface area (TPSA) is 118 Å². The number of anilines is 1. The number of benzene rings is 1. The summed E-state index contributed by atoms with van der Waals surface area (Å²) >= 11 is 0. The summed E-state index contributed by atoms with van der Waals surface area (Å²) in [5, 5.41) is 16.5. The molecule has 0 aliphatic carbocycles. The van der Waals surface area contributed by atoms with Crippen LogP contribution >= 0.6 is 0 Å². The third-order valence-electron chi connectivity index (χ3n) is 3.88. The molecule has 0 spiro atoms. The maximum absolute atomic E-state index is 8.38. The van der Waals surface area contributed by atoms with Crippen LogP contribution in [0.15, 0.2) is 65.5 Å². The third-order valence-corrected chi connectivity index (χ3v) is 3.88. The molecule has 7 heteroatoms. The number of oxazole rings is 1. The standard InChI is InChI=1S/C18H14N6O/c19-16-4-2-13(10-24(16)17(20)11-5-7-22-8-6-11)12-1-3-15-14(9-12)23-18(21)25-15/h1-10,19-20H,(H2,21,23). The highest BCUT2D eigenvalue weighted by atomic mass is 16.4. The molecule has 0 aliphatic rings. The summed E-state index contributed by atoms with van der Waals surface area (Å²) < 4.78 is 6.81. The van der Waals surface area contributed by atoms with Crippen LogP contribution in [-0.4, -0.2) is 20.4 Å². The molecule has 25 heavy (non-hydrogen) atoms. The van der Waals surface area contributed by atoms with Crippen LogP contribution in [0, 0.1) is 10.8 Å². The van der Waals surface area contributed by atoms with E-state index in [9.17, 15) is 0 Å². The summed E-state index contributed by atoms with van der Waals surface area (Å²) in [7, 11) is 0. The Hall–Kier alpha value is -3.74. The maximum Gasteiger partial charge on any atom is 0.292 e. The van der Waals surface area contributed by atoms with Gasteiger partial charge in [-0.25, -0.2) is 0 Å². The maximum atomic E-state index is 8.38. The smallest absolute Gasteiger partial charge is 0.292 e. The fourth-order valence-corrected chi connectivity index (χ4v) is 2.63. The first kappa shape index (κ1) is 14.8. The van der Waals surface area contributed by atoms with Gasteiger partial charge in [-0.1, -0.05) is 6.07 Å². The van der Waals surface area contributed by atoms with Crippen LogP contribution in [0.2, 0.25) is 0 Å². The van der Waals surface area contributed by atoms with E-state index in [1.165, 1.54) is 4.57 Å². The quantitative estimate of drug-likeness (QED) is 0.387. The van der Waals surface area contributed by atoms with Gasteiger partial charge in [-0.05, 0) is 47.5 Å². The van der Waals surface area contributed by atoms with Crippen molar-refractivity contribution in [2.24, 2.45) is 0 Å². The fraction of sp³-hybridized carbons (Fsp3) is 0. The van der Waals surface area contributed by atoms with Crippen molar-refractivity contribution in [2.75, 3.05) is 5.73 Å². The van der Waals surface area contributed by atoms with Gasteiger partial charge in [-0.2, -0.15) is 4.98 Å². The largest absolute Gasteiger partial charge is 0.424 e. The number of hydrogen-bond donors (Lipinski definition) is 3. The third kappa shape index (κ3) is 2.67. The van der Waals surface area contributed by atoms with E-state index < -0.39 is 0 Å². The molecule has 0 unspecified atom stereocenters. The van der Waals surface area contributed by atoms with Gasteiger partial charge in [-0.3, -0.25) is 20.4 Å². The Kier molecular flexibility index (Phi) is 3.39. The number of fused-ring (bicyclic) bond motifs is 1. The SMILES string of the molecule is N=C(c1ccncc1)n1cc(-c2ccc3oc(N)nc3c2)ccc1=N. The van der Waals surface area contributed by atoms with E-state index in [0.29, 0.717) is 16.7 Å². The average Bonchev–Trinajstić information content (AvgIpc) is 3.01. The first-order chi connectivity index (χ1) is 12.1. The number of nitrogens with zero attached hydrogens (tertiary/aromatic N) is 3. The predicted molar refractivity (Wildman–Crippen MR) is 94.2 cm³/mol. The zero-order valence-electron chi connectivity index (χ0n) is 13.1. The van der Waals surface area contributed by atoms with Gasteiger partial charge in [0.15, 0.2) is 5.58 Å². The lowest BCUT2D eigenvalue weighted by Crippen LogP contribution is -2.26. The van der Waals surface area contributed by atoms with Crippen LogP contribution in [0.5, 0.6) is 0 Å². The van der Waals surface area contributed by atoms with Crippen molar-refractivity contribution in [3.63, 3.8) is 0 Å². The molecule has 4 aromatic rings. The molecule has 0 aliphatic heterocycles. The summed E-state index contributed by atoms with van der Waals surface area (Å²) in [6.45, 7) is 0. The number of nitrogens with two attached hydrogens (primary N) is 1. The van der Waals surface area contributed by atoms with Gasteiger partial charge in [0, 0.05) is 24.2 Å². The molecule has 0 fully saturated rings. The molecule has 122 valence electrons. The van der Waals surface area contributed by atoms with E-state index in [1.807, 2.05) is 18.2 Å². The molecule has 7 nitrogen and oxygen atoms in total. The number of rotatable bonds is 2. The van der Waals surface area contributed by atoms with Crippen molar-refractivity contribution in [2.45, 2.75) is 0 Å². The van der Waals surface area contributed by atoms with Gasteiger partial charge in [0.1, 0.15) is 16.8 Å². The first-order valence-electron chi connectivity index (χ1n) is 7.55. The average molecular weight is 330 g/mol. The molecule has 0 bridgehead atoms. The van der Waals surface area contributed by atoms with Crippen LogP contribution in [0.3, 0.4) is 0 Å². The van der Waals surface area contributed by atoms with Crippen LogP contribution in [0.25, 0.3) is 22.2 Å². The predicted octanol–water partition coefficient (Wildman–Crippen LogP) is 2.63. The van der Waals surface area contributed by atoms with E-state index in [-0.39, 0.29) is 17.3 Å². The van der Waals surface area contributed by atoms with Crippen molar-refractivity contribution < 1.29 is 4.42 Å². The molecular formula is C18H14N6O. The van der Waals surface area contributed by atoms with E-state index >= 15 is 0 Å². The second kappa shape index (κ2) is 5.72. The molecule has 3 aromatic heterocycles. The summed E-state index contributed by atoms with van der Waals surface area (Å²) in [4.78, 5) is 8.10. The number of pyridine rings is 2. The molecule has 0 radical (unpaired) electrons. The van der Waals surface area contributed by atoms with Gasteiger partial charge in [0.05, 0.1) is 0 Å². The molecule has 3 heterocycles. The normalized spacial score (nSPS) is 10.9. The molecule has 0 saturated heterocycles. The van der Waals surface area contributed by atoms with Gasteiger partial charge < -0.3 is 10.2 Å². The lowest BCUT2D eigenvalue weighted by atomic mass is 10.1. The zero-order chi connectivity index (χ0) is 17.4. The number of aromatic nitrogens is 3. The molecule has 0 atom stereocenters. The Balaban J connectivity index is 1.80. The molecular weight excluding hydrogens is 316 g/mol. The van der Waals surface area contributed by atoms with E-state index in [0.717, 1.165) is 11.1 Å². The van der Waals surface area contributed by atoms with Crippen LogP contribution in [-0.2, 0) is 0 Å². The Labute approximate surface area is 142 Å². The lowest BCUT2D eigenvalue weighted by Gasteiger charge is -2.11. The Bertz CT molecular complexity index is 1140. The number of hydrogen-bond acceptors (Lipinski definition) is 6. The fourth-order valence-electron chi connectivity index (χ4n) is 2.63. The van der Waals surface area contributed by atoms with Gasteiger partial charge >= 0.3 is 0 Å². The molecule has 4 rings (SSSR count). The second-order valence-electron chi connectivity index (χ2n) is 5.49. The van der Waals surface area contributed by atoms with Crippen molar-refractivity contribution in [3.05, 3.63) is 72.1 Å². The lowest BCUT2D eigenvalue weighted by molar-refractivity contribution is 0.626. The summed E-state index contributed by atoms with van der Waals surface area (Å²) in [6, 6.07) is 12.7. The number of nitrogens with one attached hydrogen (secondary N) is 2. The van der Waals surface area contributed by atoms with Crippen molar-refractivity contribution in [1.82, 2.24) is 14.5 Å². The summed E-state index contributed by atoms with van der Waals surface area (Å²) in [6.07, 6.45) is 5.01. The van der Waals surface area contributed by atoms with Crippen molar-refractivity contribution in [1.29, 1.82) is 10.8 Å². The highest BCUT2D eigenvalue weighted by Crippen LogP contribution is 2.24. The van der Waals surface area contributed by atoms with E-state index in [1.54, 1.807) is 42.9 Å². The zero-order valence-corrected chi connectivity index (χ0v) is 13.1. The summed E-state index contributed by atoms with van der Waals surface area (Å²) in [5.41, 5.74) is 9.54. The van der Waals surface area contributed by atoms with Crippen molar-refractivity contribution in [3.8, 4) is 11.1 Å². The highest BCUT2D eigenvalue weighted by molar-refractivity contribution is 5.98. The molecule has 0 saturated carbocycles. The van der Waals surface area contributed by atoms with Gasteiger partial charge in [-0.15, -0.1) is 0 Å². The van der Waals surface area contributed by atoms with Crippen molar-refractivity contribution >= 4 is 22.9 Å². The summed E-state index contributed by atoms with van der Waals surface area (Å²) in [5.74, 6) is 0.209. The second-order valence-corrected chi connectivity index (χ2v) is 5.49. The molecule has 4 N–H and O–H groups in total. The first-order valence-corrected chi connectivity index (χ1v) is 7.55. The monoisotopic (exact) mass is 330 g/mol. The van der Waals surface area contributed by atoms with Crippen LogP contribution in [0.1, 0.15) is 5.56 Å². The van der Waals surface area contributed by atoms with E-state index in [2.05, 4.69) is 9.97 Å². The molecule has 0 amide bonds. The van der Waals surface area contributed by atoms with Crippen LogP contribution in [0.4, 0.5) is 6.01 Å². The minimum absolute atomic E-state index is 0.128. The van der Waals surface area contributed by atoms with Gasteiger partial charge in [0.2, 0.25) is 0 Å². The minimum atomic E-state index is 0.128. The Morgan fingerprint density at radius 3 is 2.60 bits per heavy atom. The Morgan fingerprint density at radius 1 is 1.04 bits per heavy atom. The molecule has 1 aromatic carbocycles. The highest BCUT2D eigenvalue weighted by Gasteiger charge is 2.09. The van der Waals surface area contributed by atoms with Gasteiger partial charge in [0.25, 0.3) is 6.01 Å². The van der Waals surface area contributed by atoms with E-state index in [4.69, 9.17) is 21.0 Å². The Morgan fingerprint density at radius 2 is 1.80 bits per heavy atom.